The van der Waals surface area contributed by atoms with E-state index in [0.29, 0.717) is 17.1 Å². The van der Waals surface area contributed by atoms with E-state index in [9.17, 15) is 4.39 Å². The minimum Gasteiger partial charge on any atom is -0.398 e. The Morgan fingerprint density at radius 2 is 2.10 bits per heavy atom. The first-order valence-electron chi connectivity index (χ1n) is 6.58. The molecule has 0 amide bonds. The predicted molar refractivity (Wildman–Crippen MR) is 77.6 cm³/mol. The van der Waals surface area contributed by atoms with Crippen LogP contribution in [0.5, 0.6) is 0 Å². The Bertz CT molecular complexity index is 743. The van der Waals surface area contributed by atoms with E-state index < -0.39 is 0 Å². The van der Waals surface area contributed by atoms with Crippen LogP contribution in [0.4, 0.5) is 10.1 Å². The van der Waals surface area contributed by atoms with Crippen molar-refractivity contribution in [2.45, 2.75) is 19.9 Å². The maximum absolute atomic E-state index is 14.1. The first kappa shape index (κ1) is 12.6. The largest absolute Gasteiger partial charge is 0.398 e. The lowest BCUT2D eigenvalue weighted by Crippen LogP contribution is -2.04. The zero-order valence-corrected chi connectivity index (χ0v) is 11.2. The molecule has 2 N–H and O–H groups in total. The number of rotatable bonds is 3. The van der Waals surface area contributed by atoms with E-state index in [1.807, 2.05) is 16.7 Å². The van der Waals surface area contributed by atoms with E-state index in [0.717, 1.165) is 24.1 Å². The van der Waals surface area contributed by atoms with Crippen LogP contribution >= 0.6 is 0 Å². The summed E-state index contributed by atoms with van der Waals surface area (Å²) in [4.78, 5) is 8.85. The van der Waals surface area contributed by atoms with Gasteiger partial charge in [0.15, 0.2) is 5.65 Å². The summed E-state index contributed by atoms with van der Waals surface area (Å²) in [5.41, 5.74) is 8.16. The molecule has 0 spiro atoms. The normalized spacial score (nSPS) is 11.1. The zero-order valence-electron chi connectivity index (χ0n) is 11.2. The van der Waals surface area contributed by atoms with Gasteiger partial charge in [0, 0.05) is 18.4 Å². The molecule has 20 heavy (non-hydrogen) atoms. The molecule has 5 heteroatoms. The van der Waals surface area contributed by atoms with Crippen molar-refractivity contribution < 1.29 is 4.39 Å². The number of benzene rings is 1. The van der Waals surface area contributed by atoms with Crippen LogP contribution in [0.3, 0.4) is 0 Å². The number of halogens is 1. The molecule has 0 saturated carbocycles. The molecule has 2 aromatic heterocycles. The molecule has 0 aliphatic carbocycles. The average Bonchev–Trinajstić information content (AvgIpc) is 2.78. The summed E-state index contributed by atoms with van der Waals surface area (Å²) in [5.74, 6) is 0.175. The number of fused-ring (bicyclic) bond motifs is 1. The highest BCUT2D eigenvalue weighted by atomic mass is 19.1. The number of nitrogen functional groups attached to an aromatic ring is 1. The second-order valence-electron chi connectivity index (χ2n) is 4.64. The Kier molecular flexibility index (Phi) is 3.10. The molecule has 4 nitrogen and oxygen atoms in total. The van der Waals surface area contributed by atoms with Crippen molar-refractivity contribution in [3.63, 3.8) is 0 Å². The lowest BCUT2D eigenvalue weighted by atomic mass is 10.1. The molecule has 2 heterocycles. The van der Waals surface area contributed by atoms with Crippen molar-refractivity contribution >= 4 is 16.9 Å². The van der Waals surface area contributed by atoms with Crippen molar-refractivity contribution in [3.8, 4) is 11.4 Å². The van der Waals surface area contributed by atoms with Gasteiger partial charge in [0.2, 0.25) is 0 Å². The smallest absolute Gasteiger partial charge is 0.160 e. The van der Waals surface area contributed by atoms with E-state index in [1.54, 1.807) is 18.3 Å². The van der Waals surface area contributed by atoms with Gasteiger partial charge in [0.1, 0.15) is 17.2 Å². The van der Waals surface area contributed by atoms with E-state index in [2.05, 4.69) is 16.9 Å². The number of nitrogens with zero attached hydrogens (tertiary/aromatic N) is 3. The third kappa shape index (κ3) is 1.91. The molecule has 0 aliphatic rings. The zero-order chi connectivity index (χ0) is 14.1. The van der Waals surface area contributed by atoms with Crippen LogP contribution in [0, 0.1) is 5.82 Å². The van der Waals surface area contributed by atoms with Crippen LogP contribution in [0.1, 0.15) is 13.3 Å². The van der Waals surface area contributed by atoms with Gasteiger partial charge in [-0.2, -0.15) is 0 Å². The fraction of sp³-hybridized carbons (Fsp3) is 0.200. The minimum absolute atomic E-state index is 0.346. The third-order valence-corrected chi connectivity index (χ3v) is 3.22. The summed E-state index contributed by atoms with van der Waals surface area (Å²) in [6.07, 6.45) is 2.62. The summed E-state index contributed by atoms with van der Waals surface area (Å²) in [6, 6.07) is 8.37. The number of anilines is 1. The fourth-order valence-electron chi connectivity index (χ4n) is 2.36. The highest BCUT2D eigenvalue weighted by Crippen LogP contribution is 2.30. The van der Waals surface area contributed by atoms with Crippen LogP contribution in [0.25, 0.3) is 22.6 Å². The molecule has 0 atom stereocenters. The Hall–Kier alpha value is -2.43. The van der Waals surface area contributed by atoms with Gasteiger partial charge in [-0.1, -0.05) is 13.0 Å². The highest BCUT2D eigenvalue weighted by Gasteiger charge is 2.18. The van der Waals surface area contributed by atoms with E-state index in [1.165, 1.54) is 6.07 Å². The Balaban J connectivity index is 2.33. The average molecular weight is 270 g/mol. The fourth-order valence-corrected chi connectivity index (χ4v) is 2.36. The highest BCUT2D eigenvalue weighted by molar-refractivity contribution is 5.81. The van der Waals surface area contributed by atoms with Crippen LogP contribution < -0.4 is 5.73 Å². The first-order chi connectivity index (χ1) is 9.72. The van der Waals surface area contributed by atoms with Crippen molar-refractivity contribution in [2.75, 3.05) is 5.73 Å². The number of aromatic nitrogens is 3. The van der Waals surface area contributed by atoms with Crippen LogP contribution in [-0.2, 0) is 6.54 Å². The molecule has 0 aliphatic heterocycles. The second-order valence-corrected chi connectivity index (χ2v) is 4.64. The molecule has 3 aromatic rings. The summed E-state index contributed by atoms with van der Waals surface area (Å²) >= 11 is 0. The molecule has 102 valence electrons. The summed E-state index contributed by atoms with van der Waals surface area (Å²) in [5, 5.41) is 0. The number of imidazole rings is 1. The summed E-state index contributed by atoms with van der Waals surface area (Å²) in [7, 11) is 0. The quantitative estimate of drug-likeness (QED) is 0.743. The molecule has 3 rings (SSSR count). The van der Waals surface area contributed by atoms with Crippen molar-refractivity contribution in [1.82, 2.24) is 14.5 Å². The van der Waals surface area contributed by atoms with Gasteiger partial charge in [-0.15, -0.1) is 0 Å². The minimum atomic E-state index is -0.363. The van der Waals surface area contributed by atoms with Gasteiger partial charge in [-0.3, -0.25) is 0 Å². The maximum atomic E-state index is 14.1. The van der Waals surface area contributed by atoms with Gasteiger partial charge in [0.05, 0.1) is 5.56 Å². The summed E-state index contributed by atoms with van der Waals surface area (Å²) in [6.45, 7) is 2.78. The van der Waals surface area contributed by atoms with Gasteiger partial charge >= 0.3 is 0 Å². The molecule has 0 radical (unpaired) electrons. The SMILES string of the molecule is CCCn1c(-c2c(N)cccc2F)nc2cccnc21. The van der Waals surface area contributed by atoms with E-state index in [-0.39, 0.29) is 5.82 Å². The number of nitrogens with two attached hydrogens (primary N) is 1. The molecule has 0 saturated heterocycles. The van der Waals surface area contributed by atoms with Gasteiger partial charge in [-0.25, -0.2) is 14.4 Å². The maximum Gasteiger partial charge on any atom is 0.160 e. The standard InChI is InChI=1S/C15H15FN4/c1-2-9-20-14-12(7-4-8-18-14)19-15(20)13-10(16)5-3-6-11(13)17/h3-8H,2,9,17H2,1H3. The summed E-state index contributed by atoms with van der Waals surface area (Å²) < 4.78 is 16.1. The Morgan fingerprint density at radius 3 is 2.85 bits per heavy atom. The Morgan fingerprint density at radius 1 is 1.25 bits per heavy atom. The number of aryl methyl sites for hydroxylation is 1. The van der Waals surface area contributed by atoms with Crippen LogP contribution in [0.15, 0.2) is 36.5 Å². The van der Waals surface area contributed by atoms with Gasteiger partial charge < -0.3 is 10.3 Å². The Labute approximate surface area is 116 Å². The third-order valence-electron chi connectivity index (χ3n) is 3.22. The van der Waals surface area contributed by atoms with E-state index >= 15 is 0 Å². The van der Waals surface area contributed by atoms with Gasteiger partial charge in [0.25, 0.3) is 0 Å². The molecular formula is C15H15FN4. The van der Waals surface area contributed by atoms with Crippen molar-refractivity contribution in [3.05, 3.63) is 42.3 Å². The van der Waals surface area contributed by atoms with Crippen molar-refractivity contribution in [2.24, 2.45) is 0 Å². The van der Waals surface area contributed by atoms with Gasteiger partial charge in [-0.05, 0) is 30.7 Å². The molecule has 0 unspecified atom stereocenters. The van der Waals surface area contributed by atoms with Crippen molar-refractivity contribution in [1.29, 1.82) is 0 Å². The predicted octanol–water partition coefficient (Wildman–Crippen LogP) is 3.23. The second kappa shape index (κ2) is 4.92. The number of pyridine rings is 1. The van der Waals surface area contributed by atoms with Crippen LogP contribution in [0.2, 0.25) is 0 Å². The molecule has 1 aromatic carbocycles. The molecule has 0 fully saturated rings. The lowest BCUT2D eigenvalue weighted by molar-refractivity contribution is 0.626. The topological polar surface area (TPSA) is 56.7 Å². The first-order valence-corrected chi connectivity index (χ1v) is 6.58. The molecule has 0 bridgehead atoms. The molecular weight excluding hydrogens is 255 g/mol. The number of hydrogen-bond donors (Lipinski definition) is 1. The lowest BCUT2D eigenvalue weighted by Gasteiger charge is -2.10. The van der Waals surface area contributed by atoms with E-state index in [4.69, 9.17) is 5.73 Å². The van der Waals surface area contributed by atoms with Crippen LogP contribution in [-0.4, -0.2) is 14.5 Å². The monoisotopic (exact) mass is 270 g/mol. The number of hydrogen-bond acceptors (Lipinski definition) is 3.